The van der Waals surface area contributed by atoms with Crippen LogP contribution in [0.2, 0.25) is 0 Å². The third kappa shape index (κ3) is 2.65. The summed E-state index contributed by atoms with van der Waals surface area (Å²) < 4.78 is 0. The van der Waals surface area contributed by atoms with Gasteiger partial charge in [0.2, 0.25) is 0 Å². The van der Waals surface area contributed by atoms with Gasteiger partial charge in [-0.1, -0.05) is 12.8 Å². The molecule has 0 radical (unpaired) electrons. The number of aliphatic hydroxyl groups excluding tert-OH is 1. The molecule has 1 fully saturated rings. The summed E-state index contributed by atoms with van der Waals surface area (Å²) in [4.78, 5) is 2.31. The third-order valence-electron chi connectivity index (χ3n) is 3.74. The van der Waals surface area contributed by atoms with Crippen LogP contribution in [0.3, 0.4) is 0 Å². The minimum atomic E-state index is 0.177. The van der Waals surface area contributed by atoms with Gasteiger partial charge in [0.15, 0.2) is 0 Å². The predicted octanol–water partition coefficient (Wildman–Crippen LogP) is 2.61. The van der Waals surface area contributed by atoms with Gasteiger partial charge in [-0.15, -0.1) is 0 Å². The molecule has 0 bridgehead atoms. The molecule has 1 aliphatic rings. The number of hydrogen-bond donors (Lipinski definition) is 1. The lowest BCUT2D eigenvalue weighted by Gasteiger charge is -2.32. The average molecular weight is 244 g/mol. The fourth-order valence-corrected chi connectivity index (χ4v) is 2.87. The minimum Gasteiger partial charge on any atom is -0.395 e. The molecule has 0 atom stereocenters. The molecule has 0 unspecified atom stereocenters. The summed E-state index contributed by atoms with van der Waals surface area (Å²) in [6.07, 6.45) is 4.97. The predicted molar refractivity (Wildman–Crippen MR) is 72.6 cm³/mol. The molecule has 1 aliphatic carbocycles. The highest BCUT2D eigenvalue weighted by atomic mass is 16.3. The molecule has 0 heterocycles. The Morgan fingerprint density at radius 1 is 1.39 bits per heavy atom. The molecule has 1 saturated carbocycles. The van der Waals surface area contributed by atoms with E-state index in [1.165, 1.54) is 25.7 Å². The summed E-state index contributed by atoms with van der Waals surface area (Å²) in [5.74, 6) is 0. The number of aliphatic hydroxyl groups is 1. The molecule has 2 rings (SSSR count). The fraction of sp³-hybridized carbons (Fsp3) is 0.533. The van der Waals surface area contributed by atoms with Crippen LogP contribution >= 0.6 is 0 Å². The van der Waals surface area contributed by atoms with Crippen molar-refractivity contribution in [2.75, 3.05) is 18.1 Å². The first-order valence-electron chi connectivity index (χ1n) is 6.64. The Morgan fingerprint density at radius 3 is 2.67 bits per heavy atom. The van der Waals surface area contributed by atoms with Crippen LogP contribution in [0.25, 0.3) is 0 Å². The van der Waals surface area contributed by atoms with Gasteiger partial charge in [0.1, 0.15) is 0 Å². The first kappa shape index (κ1) is 12.9. The molecule has 1 aromatic rings. The van der Waals surface area contributed by atoms with Crippen molar-refractivity contribution in [2.24, 2.45) is 0 Å². The molecular weight excluding hydrogens is 224 g/mol. The van der Waals surface area contributed by atoms with Crippen molar-refractivity contribution in [3.05, 3.63) is 29.3 Å². The zero-order valence-corrected chi connectivity index (χ0v) is 10.9. The lowest BCUT2D eigenvalue weighted by atomic mass is 10.1. The van der Waals surface area contributed by atoms with E-state index >= 15 is 0 Å². The van der Waals surface area contributed by atoms with E-state index in [-0.39, 0.29) is 6.61 Å². The van der Waals surface area contributed by atoms with Gasteiger partial charge in [0.05, 0.1) is 18.2 Å². The molecule has 0 aliphatic heterocycles. The Hall–Kier alpha value is -1.53. The number of aryl methyl sites for hydroxylation is 1. The first-order valence-corrected chi connectivity index (χ1v) is 6.64. The molecule has 0 spiro atoms. The summed E-state index contributed by atoms with van der Waals surface area (Å²) in [6.45, 7) is 2.89. The maximum absolute atomic E-state index is 9.26. The average Bonchev–Trinajstić information content (AvgIpc) is 2.90. The number of rotatable bonds is 4. The van der Waals surface area contributed by atoms with Crippen LogP contribution in [0.15, 0.2) is 18.2 Å². The first-order chi connectivity index (χ1) is 8.76. The van der Waals surface area contributed by atoms with E-state index in [1.54, 1.807) is 0 Å². The van der Waals surface area contributed by atoms with Crippen LogP contribution in [0.5, 0.6) is 0 Å². The maximum Gasteiger partial charge on any atom is 0.0991 e. The topological polar surface area (TPSA) is 47.3 Å². The van der Waals surface area contributed by atoms with Crippen LogP contribution in [0.4, 0.5) is 5.69 Å². The smallest absolute Gasteiger partial charge is 0.0991 e. The van der Waals surface area contributed by atoms with Crippen LogP contribution in [-0.4, -0.2) is 24.3 Å². The van der Waals surface area contributed by atoms with Crippen molar-refractivity contribution in [1.29, 1.82) is 5.26 Å². The summed E-state index contributed by atoms with van der Waals surface area (Å²) >= 11 is 0. The Kier molecular flexibility index (Phi) is 4.22. The van der Waals surface area contributed by atoms with Crippen molar-refractivity contribution < 1.29 is 5.11 Å². The number of nitrogens with zero attached hydrogens (tertiary/aromatic N) is 2. The Labute approximate surface area is 109 Å². The second-order valence-electron chi connectivity index (χ2n) is 4.97. The molecule has 1 aromatic carbocycles. The van der Waals surface area contributed by atoms with Gasteiger partial charge in [0.25, 0.3) is 0 Å². The van der Waals surface area contributed by atoms with Gasteiger partial charge in [-0.05, 0) is 43.5 Å². The van der Waals surface area contributed by atoms with E-state index in [9.17, 15) is 5.11 Å². The standard InChI is InChI=1S/C15H20N2O/c1-12-10-13(11-16)6-7-15(12)17(8-9-18)14-4-2-3-5-14/h6-7,10,14,18H,2-5,8-9H2,1H3. The van der Waals surface area contributed by atoms with E-state index in [0.717, 1.165) is 11.3 Å². The van der Waals surface area contributed by atoms with Crippen LogP contribution in [0, 0.1) is 18.3 Å². The van der Waals surface area contributed by atoms with E-state index in [1.807, 2.05) is 25.1 Å². The quantitative estimate of drug-likeness (QED) is 0.885. The minimum absolute atomic E-state index is 0.177. The van der Waals surface area contributed by atoms with E-state index in [0.29, 0.717) is 18.2 Å². The Morgan fingerprint density at radius 2 is 2.11 bits per heavy atom. The molecule has 0 aromatic heterocycles. The van der Waals surface area contributed by atoms with Crippen LogP contribution in [-0.2, 0) is 0 Å². The van der Waals surface area contributed by atoms with Crippen molar-refractivity contribution in [3.63, 3.8) is 0 Å². The van der Waals surface area contributed by atoms with Crippen LogP contribution in [0.1, 0.15) is 36.8 Å². The molecule has 0 amide bonds. The van der Waals surface area contributed by atoms with Gasteiger partial charge in [-0.25, -0.2) is 0 Å². The normalized spacial score (nSPS) is 15.6. The van der Waals surface area contributed by atoms with Crippen molar-refractivity contribution in [3.8, 4) is 6.07 Å². The monoisotopic (exact) mass is 244 g/mol. The Balaban J connectivity index is 2.27. The van der Waals surface area contributed by atoms with Gasteiger partial charge in [-0.2, -0.15) is 5.26 Å². The highest BCUT2D eigenvalue weighted by Gasteiger charge is 2.23. The maximum atomic E-state index is 9.26. The van der Waals surface area contributed by atoms with Gasteiger partial charge >= 0.3 is 0 Å². The number of hydrogen-bond acceptors (Lipinski definition) is 3. The lowest BCUT2D eigenvalue weighted by Crippen LogP contribution is -2.36. The zero-order chi connectivity index (χ0) is 13.0. The van der Waals surface area contributed by atoms with Crippen molar-refractivity contribution >= 4 is 5.69 Å². The van der Waals surface area contributed by atoms with E-state index in [4.69, 9.17) is 5.26 Å². The number of anilines is 1. The lowest BCUT2D eigenvalue weighted by molar-refractivity contribution is 0.297. The van der Waals surface area contributed by atoms with Gasteiger partial charge < -0.3 is 10.0 Å². The summed E-state index contributed by atoms with van der Waals surface area (Å²) in [5.41, 5.74) is 2.98. The van der Waals surface area contributed by atoms with Gasteiger partial charge in [-0.3, -0.25) is 0 Å². The molecule has 3 heteroatoms. The Bertz CT molecular complexity index is 444. The fourth-order valence-electron chi connectivity index (χ4n) is 2.87. The second-order valence-corrected chi connectivity index (χ2v) is 4.97. The highest BCUT2D eigenvalue weighted by Crippen LogP contribution is 2.30. The SMILES string of the molecule is Cc1cc(C#N)ccc1N(CCO)C1CCCC1. The zero-order valence-electron chi connectivity index (χ0n) is 10.9. The summed E-state index contributed by atoms with van der Waals surface area (Å²) in [5, 5.41) is 18.2. The molecule has 96 valence electrons. The number of benzene rings is 1. The van der Waals surface area contributed by atoms with Crippen molar-refractivity contribution in [1.82, 2.24) is 0 Å². The summed E-state index contributed by atoms with van der Waals surface area (Å²) in [7, 11) is 0. The van der Waals surface area contributed by atoms with E-state index in [2.05, 4.69) is 11.0 Å². The van der Waals surface area contributed by atoms with E-state index < -0.39 is 0 Å². The largest absolute Gasteiger partial charge is 0.395 e. The second kappa shape index (κ2) is 5.88. The molecule has 3 nitrogen and oxygen atoms in total. The third-order valence-corrected chi connectivity index (χ3v) is 3.74. The van der Waals surface area contributed by atoms with Crippen LogP contribution < -0.4 is 4.90 Å². The summed E-state index contributed by atoms with van der Waals surface area (Å²) in [6, 6.07) is 8.52. The molecule has 18 heavy (non-hydrogen) atoms. The molecule has 1 N–H and O–H groups in total. The highest BCUT2D eigenvalue weighted by molar-refractivity contribution is 5.57. The van der Waals surface area contributed by atoms with Crippen molar-refractivity contribution in [2.45, 2.75) is 38.6 Å². The van der Waals surface area contributed by atoms with Gasteiger partial charge in [0, 0.05) is 18.3 Å². The number of nitriles is 1. The molecular formula is C15H20N2O. The molecule has 0 saturated heterocycles.